The molecule has 0 radical (unpaired) electrons. The summed E-state index contributed by atoms with van der Waals surface area (Å²) in [6.07, 6.45) is 2.07. The minimum atomic E-state index is -0.0862. The molecular formula is C13H25BrN2O2. The van der Waals surface area contributed by atoms with Gasteiger partial charge in [0.1, 0.15) is 5.78 Å². The molecule has 0 aromatic heterocycles. The van der Waals surface area contributed by atoms with Crippen LogP contribution in [0.25, 0.3) is 0 Å². The molecule has 0 fully saturated rings. The van der Waals surface area contributed by atoms with Crippen molar-refractivity contribution < 1.29 is 9.59 Å². The number of alkyl halides is 1. The van der Waals surface area contributed by atoms with Crippen LogP contribution in [0.15, 0.2) is 0 Å². The van der Waals surface area contributed by atoms with Crippen LogP contribution in [0.3, 0.4) is 0 Å². The molecule has 0 aliphatic carbocycles. The Hall–Kier alpha value is -0.420. The van der Waals surface area contributed by atoms with Gasteiger partial charge in [0.25, 0.3) is 0 Å². The van der Waals surface area contributed by atoms with E-state index in [0.29, 0.717) is 30.6 Å². The second-order valence-corrected chi connectivity index (χ2v) is 5.74. The number of nitrogens with one attached hydrogen (secondary N) is 1. The number of Topliss-reactive ketones (excluding diaryl/α,β-unsaturated/α-hetero) is 1. The highest BCUT2D eigenvalue weighted by molar-refractivity contribution is 9.09. The van der Waals surface area contributed by atoms with E-state index >= 15 is 0 Å². The first kappa shape index (κ1) is 17.6. The lowest BCUT2D eigenvalue weighted by Crippen LogP contribution is -2.44. The maximum absolute atomic E-state index is 12.0. The van der Waals surface area contributed by atoms with E-state index in [9.17, 15) is 9.59 Å². The van der Waals surface area contributed by atoms with Gasteiger partial charge in [-0.3, -0.25) is 14.5 Å². The fraction of sp³-hybridized carbons (Fsp3) is 0.846. The Balaban J connectivity index is 4.00. The molecule has 106 valence electrons. The van der Waals surface area contributed by atoms with Gasteiger partial charge >= 0.3 is 0 Å². The number of nitrogens with zero attached hydrogens (tertiary/aromatic N) is 1. The Labute approximate surface area is 119 Å². The Morgan fingerprint density at radius 2 is 1.89 bits per heavy atom. The summed E-state index contributed by atoms with van der Waals surface area (Å²) in [6.45, 7) is 4.79. The molecule has 0 saturated heterocycles. The van der Waals surface area contributed by atoms with E-state index in [0.717, 1.165) is 6.42 Å². The molecule has 4 nitrogen and oxygen atoms in total. The van der Waals surface area contributed by atoms with Crippen LogP contribution >= 0.6 is 15.9 Å². The average molecular weight is 321 g/mol. The maximum atomic E-state index is 12.0. The fourth-order valence-electron chi connectivity index (χ4n) is 1.68. The summed E-state index contributed by atoms with van der Waals surface area (Å²) in [4.78, 5) is 25.0. The monoisotopic (exact) mass is 320 g/mol. The summed E-state index contributed by atoms with van der Waals surface area (Å²) < 4.78 is 0. The fourth-order valence-corrected chi connectivity index (χ4v) is 1.96. The van der Waals surface area contributed by atoms with Crippen molar-refractivity contribution in [1.29, 1.82) is 0 Å². The van der Waals surface area contributed by atoms with Crippen molar-refractivity contribution in [2.24, 2.45) is 5.92 Å². The number of likely N-dealkylation sites (N-methyl/N-ethyl adjacent to an activating group) is 1. The molecule has 0 bridgehead atoms. The average Bonchev–Trinajstić information content (AvgIpc) is 2.30. The van der Waals surface area contributed by atoms with Crippen molar-refractivity contribution in [3.05, 3.63) is 0 Å². The Morgan fingerprint density at radius 3 is 2.33 bits per heavy atom. The first-order chi connectivity index (χ1) is 8.38. The van der Waals surface area contributed by atoms with E-state index in [2.05, 4.69) is 35.1 Å². The van der Waals surface area contributed by atoms with Crippen LogP contribution < -0.4 is 5.32 Å². The third-order valence-corrected chi connectivity index (χ3v) is 3.33. The Kier molecular flexibility index (Phi) is 9.28. The Bertz CT molecular complexity index is 268. The minimum Gasteiger partial charge on any atom is -0.355 e. The third-order valence-electron chi connectivity index (χ3n) is 2.70. The molecule has 1 atom stereocenters. The second-order valence-electron chi connectivity index (χ2n) is 5.18. The van der Waals surface area contributed by atoms with Crippen LogP contribution in [0.4, 0.5) is 0 Å². The zero-order valence-corrected chi connectivity index (χ0v) is 13.4. The molecule has 0 spiro atoms. The molecule has 0 rings (SSSR count). The molecule has 0 saturated carbocycles. The van der Waals surface area contributed by atoms with Crippen molar-refractivity contribution in [2.75, 3.05) is 26.0 Å². The molecule has 0 aromatic rings. The molecule has 0 heterocycles. The lowest BCUT2D eigenvalue weighted by atomic mass is 10.0. The molecule has 1 N–H and O–H groups in total. The number of carbonyl (C=O) groups excluding carboxylic acids is 2. The van der Waals surface area contributed by atoms with Crippen LogP contribution in [0.1, 0.15) is 33.1 Å². The number of ketones is 1. The van der Waals surface area contributed by atoms with Crippen molar-refractivity contribution in [1.82, 2.24) is 10.2 Å². The highest BCUT2D eigenvalue weighted by atomic mass is 79.9. The number of hydrogen-bond acceptors (Lipinski definition) is 3. The van der Waals surface area contributed by atoms with E-state index in [4.69, 9.17) is 0 Å². The second kappa shape index (κ2) is 9.50. The quantitative estimate of drug-likeness (QED) is 0.521. The zero-order valence-electron chi connectivity index (χ0n) is 11.8. The van der Waals surface area contributed by atoms with E-state index in [1.54, 1.807) is 0 Å². The largest absolute Gasteiger partial charge is 0.355 e. The lowest BCUT2D eigenvalue weighted by molar-refractivity contribution is -0.126. The molecule has 0 aliphatic heterocycles. The van der Waals surface area contributed by atoms with Gasteiger partial charge in [-0.05, 0) is 32.9 Å². The van der Waals surface area contributed by atoms with Crippen molar-refractivity contribution in [2.45, 2.75) is 39.2 Å². The van der Waals surface area contributed by atoms with Gasteiger partial charge in [-0.1, -0.05) is 29.8 Å². The van der Waals surface area contributed by atoms with Crippen LogP contribution in [-0.2, 0) is 9.59 Å². The van der Waals surface area contributed by atoms with E-state index < -0.39 is 0 Å². The SMILES string of the molecule is CC(C)CC(C(=O)NCCCC(=O)CBr)N(C)C. The van der Waals surface area contributed by atoms with Crippen molar-refractivity contribution in [3.63, 3.8) is 0 Å². The van der Waals surface area contributed by atoms with E-state index in [-0.39, 0.29) is 17.7 Å². The summed E-state index contributed by atoms with van der Waals surface area (Å²) in [5.74, 6) is 0.716. The topological polar surface area (TPSA) is 49.4 Å². The molecule has 1 unspecified atom stereocenters. The van der Waals surface area contributed by atoms with Crippen LogP contribution in [0, 0.1) is 5.92 Å². The number of hydrogen-bond donors (Lipinski definition) is 1. The smallest absolute Gasteiger partial charge is 0.237 e. The summed E-state index contributed by atoms with van der Waals surface area (Å²) in [5.41, 5.74) is 0. The predicted molar refractivity (Wildman–Crippen MR) is 78.0 cm³/mol. The van der Waals surface area contributed by atoms with Crippen LogP contribution in [-0.4, -0.2) is 48.6 Å². The van der Waals surface area contributed by atoms with Crippen molar-refractivity contribution in [3.8, 4) is 0 Å². The van der Waals surface area contributed by atoms with Gasteiger partial charge in [0, 0.05) is 13.0 Å². The predicted octanol–water partition coefficient (Wildman–Crippen LogP) is 1.82. The molecule has 5 heteroatoms. The van der Waals surface area contributed by atoms with Gasteiger partial charge in [0.15, 0.2) is 0 Å². The molecule has 0 aliphatic rings. The first-order valence-corrected chi connectivity index (χ1v) is 7.52. The van der Waals surface area contributed by atoms with Crippen LogP contribution in [0.5, 0.6) is 0 Å². The molecule has 18 heavy (non-hydrogen) atoms. The first-order valence-electron chi connectivity index (χ1n) is 6.40. The van der Waals surface area contributed by atoms with Gasteiger partial charge in [0.05, 0.1) is 11.4 Å². The number of amides is 1. The molecule has 1 amide bonds. The number of rotatable bonds is 9. The van der Waals surface area contributed by atoms with Crippen LogP contribution in [0.2, 0.25) is 0 Å². The summed E-state index contributed by atoms with van der Waals surface area (Å²) in [7, 11) is 3.84. The van der Waals surface area contributed by atoms with Gasteiger partial charge in [0.2, 0.25) is 5.91 Å². The molecular weight excluding hydrogens is 296 g/mol. The van der Waals surface area contributed by atoms with Gasteiger partial charge < -0.3 is 5.32 Å². The Morgan fingerprint density at radius 1 is 1.28 bits per heavy atom. The number of halogens is 1. The summed E-state index contributed by atoms with van der Waals surface area (Å²) in [6, 6.07) is -0.0862. The normalized spacial score (nSPS) is 12.8. The standard InChI is InChI=1S/C13H25BrN2O2/c1-10(2)8-12(16(3)4)13(18)15-7-5-6-11(17)9-14/h10,12H,5-9H2,1-4H3,(H,15,18). The van der Waals surface area contributed by atoms with Gasteiger partial charge in [-0.15, -0.1) is 0 Å². The zero-order chi connectivity index (χ0) is 14.1. The maximum Gasteiger partial charge on any atom is 0.237 e. The lowest BCUT2D eigenvalue weighted by Gasteiger charge is -2.24. The highest BCUT2D eigenvalue weighted by Crippen LogP contribution is 2.09. The molecule has 0 aromatic carbocycles. The van der Waals surface area contributed by atoms with Crippen molar-refractivity contribution >= 4 is 27.6 Å². The summed E-state index contributed by atoms with van der Waals surface area (Å²) >= 11 is 3.12. The van der Waals surface area contributed by atoms with Gasteiger partial charge in [-0.25, -0.2) is 0 Å². The highest BCUT2D eigenvalue weighted by Gasteiger charge is 2.21. The van der Waals surface area contributed by atoms with Gasteiger partial charge in [-0.2, -0.15) is 0 Å². The minimum absolute atomic E-state index is 0.0555. The summed E-state index contributed by atoms with van der Waals surface area (Å²) in [5, 5.41) is 3.30. The third kappa shape index (κ3) is 7.82. The van der Waals surface area contributed by atoms with E-state index in [1.165, 1.54) is 0 Å². The number of carbonyl (C=O) groups is 2. The van der Waals surface area contributed by atoms with E-state index in [1.807, 2.05) is 19.0 Å².